The fourth-order valence-corrected chi connectivity index (χ4v) is 1.88. The van der Waals surface area contributed by atoms with Crippen LogP contribution in [0, 0.1) is 5.92 Å². The molecule has 0 aliphatic carbocycles. The van der Waals surface area contributed by atoms with Crippen molar-refractivity contribution in [3.8, 4) is 0 Å². The van der Waals surface area contributed by atoms with E-state index < -0.39 is 0 Å². The summed E-state index contributed by atoms with van der Waals surface area (Å²) in [5.74, 6) is 1.03. The number of amides is 1. The van der Waals surface area contributed by atoms with Gasteiger partial charge in [-0.1, -0.05) is 13.8 Å². The van der Waals surface area contributed by atoms with E-state index in [0.29, 0.717) is 0 Å². The lowest BCUT2D eigenvalue weighted by Crippen LogP contribution is -2.20. The van der Waals surface area contributed by atoms with Gasteiger partial charge in [0.1, 0.15) is 5.82 Å². The van der Waals surface area contributed by atoms with Crippen molar-refractivity contribution in [2.24, 2.45) is 5.92 Å². The zero-order valence-electron chi connectivity index (χ0n) is 10.4. The number of carbonyl (C=O) groups excluding carboxylic acids is 1. The van der Waals surface area contributed by atoms with Gasteiger partial charge in [-0.25, -0.2) is 4.98 Å². The van der Waals surface area contributed by atoms with Crippen molar-refractivity contribution in [1.82, 2.24) is 4.98 Å². The Bertz CT molecular complexity index is 380. The smallest absolute Gasteiger partial charge is 0.226 e. The van der Waals surface area contributed by atoms with Crippen LogP contribution in [0.25, 0.3) is 0 Å². The Hall–Kier alpha value is -1.58. The van der Waals surface area contributed by atoms with E-state index in [9.17, 15) is 4.79 Å². The second-order valence-corrected chi connectivity index (χ2v) is 4.74. The van der Waals surface area contributed by atoms with Crippen LogP contribution in [0.2, 0.25) is 0 Å². The molecule has 17 heavy (non-hydrogen) atoms. The third-order valence-electron chi connectivity index (χ3n) is 2.97. The number of hydrogen-bond acceptors (Lipinski definition) is 3. The summed E-state index contributed by atoms with van der Waals surface area (Å²) in [6.45, 7) is 5.93. The average molecular weight is 233 g/mol. The summed E-state index contributed by atoms with van der Waals surface area (Å²) in [6.07, 6.45) is 4.22. The molecule has 1 aromatic heterocycles. The summed E-state index contributed by atoms with van der Waals surface area (Å²) < 4.78 is 0. The number of hydrogen-bond donors (Lipinski definition) is 1. The highest BCUT2D eigenvalue weighted by Crippen LogP contribution is 2.19. The summed E-state index contributed by atoms with van der Waals surface area (Å²) in [7, 11) is 0. The molecule has 0 radical (unpaired) electrons. The number of anilines is 2. The minimum absolute atomic E-state index is 0.00624. The van der Waals surface area contributed by atoms with Gasteiger partial charge in [0.15, 0.2) is 0 Å². The van der Waals surface area contributed by atoms with Crippen LogP contribution in [0.5, 0.6) is 0 Å². The standard InChI is InChI=1S/C13H19N3O/c1-10(2)13(17)15-11-5-6-12(14-9-11)16-7-3-4-8-16/h5-6,9-10H,3-4,7-8H2,1-2H3,(H,15,17). The van der Waals surface area contributed by atoms with Crippen LogP contribution in [0.15, 0.2) is 18.3 Å². The molecule has 1 aromatic rings. The lowest BCUT2D eigenvalue weighted by Gasteiger charge is -2.16. The molecule has 0 spiro atoms. The first-order valence-corrected chi connectivity index (χ1v) is 6.18. The highest BCUT2D eigenvalue weighted by Gasteiger charge is 2.13. The number of carbonyl (C=O) groups is 1. The van der Waals surface area contributed by atoms with Gasteiger partial charge < -0.3 is 10.2 Å². The van der Waals surface area contributed by atoms with Crippen LogP contribution >= 0.6 is 0 Å². The van der Waals surface area contributed by atoms with E-state index in [0.717, 1.165) is 24.6 Å². The van der Waals surface area contributed by atoms with Gasteiger partial charge in [-0.15, -0.1) is 0 Å². The van der Waals surface area contributed by atoms with E-state index in [4.69, 9.17) is 0 Å². The first kappa shape index (κ1) is 11.9. The van der Waals surface area contributed by atoms with Gasteiger partial charge in [0.2, 0.25) is 5.91 Å². The zero-order valence-corrected chi connectivity index (χ0v) is 10.4. The van der Waals surface area contributed by atoms with Gasteiger partial charge in [-0.05, 0) is 25.0 Å². The molecule has 1 fully saturated rings. The van der Waals surface area contributed by atoms with Gasteiger partial charge in [-0.3, -0.25) is 4.79 Å². The molecule has 1 aliphatic heterocycles. The lowest BCUT2D eigenvalue weighted by molar-refractivity contribution is -0.118. The van der Waals surface area contributed by atoms with Crippen LogP contribution in [0.3, 0.4) is 0 Å². The summed E-state index contributed by atoms with van der Waals surface area (Å²) in [5.41, 5.74) is 0.770. The fourth-order valence-electron chi connectivity index (χ4n) is 1.88. The second-order valence-electron chi connectivity index (χ2n) is 4.74. The predicted octanol–water partition coefficient (Wildman–Crippen LogP) is 2.28. The molecule has 2 rings (SSSR count). The Morgan fingerprint density at radius 3 is 2.59 bits per heavy atom. The maximum Gasteiger partial charge on any atom is 0.226 e. The molecule has 0 bridgehead atoms. The topological polar surface area (TPSA) is 45.2 Å². The van der Waals surface area contributed by atoms with Crippen LogP contribution in [0.4, 0.5) is 11.5 Å². The molecule has 0 unspecified atom stereocenters. The van der Waals surface area contributed by atoms with Gasteiger partial charge >= 0.3 is 0 Å². The Morgan fingerprint density at radius 2 is 2.06 bits per heavy atom. The van der Waals surface area contributed by atoms with E-state index in [1.54, 1.807) is 6.20 Å². The quantitative estimate of drug-likeness (QED) is 0.871. The van der Waals surface area contributed by atoms with E-state index in [2.05, 4.69) is 15.2 Å². The molecule has 2 heterocycles. The molecule has 4 heteroatoms. The number of aromatic nitrogens is 1. The molecule has 4 nitrogen and oxygen atoms in total. The molecule has 1 N–H and O–H groups in total. The number of rotatable bonds is 3. The van der Waals surface area contributed by atoms with E-state index in [1.807, 2.05) is 26.0 Å². The monoisotopic (exact) mass is 233 g/mol. The summed E-state index contributed by atoms with van der Waals surface area (Å²) in [5, 5.41) is 2.84. The lowest BCUT2D eigenvalue weighted by atomic mass is 10.2. The Labute approximate surface area is 102 Å². The van der Waals surface area contributed by atoms with E-state index in [1.165, 1.54) is 12.8 Å². The van der Waals surface area contributed by atoms with Crippen molar-refractivity contribution in [1.29, 1.82) is 0 Å². The molecule has 0 saturated carbocycles. The van der Waals surface area contributed by atoms with Crippen molar-refractivity contribution in [2.75, 3.05) is 23.3 Å². The summed E-state index contributed by atoms with van der Waals surface area (Å²) in [4.78, 5) is 18.2. The number of nitrogens with one attached hydrogen (secondary N) is 1. The van der Waals surface area contributed by atoms with Crippen LogP contribution in [0.1, 0.15) is 26.7 Å². The largest absolute Gasteiger partial charge is 0.357 e. The van der Waals surface area contributed by atoms with E-state index >= 15 is 0 Å². The van der Waals surface area contributed by atoms with Gasteiger partial charge in [0, 0.05) is 19.0 Å². The van der Waals surface area contributed by atoms with Crippen molar-refractivity contribution in [3.05, 3.63) is 18.3 Å². The number of pyridine rings is 1. The van der Waals surface area contributed by atoms with Crippen LogP contribution < -0.4 is 10.2 Å². The molecule has 0 atom stereocenters. The summed E-state index contributed by atoms with van der Waals surface area (Å²) in [6, 6.07) is 3.89. The Kier molecular flexibility index (Phi) is 3.61. The van der Waals surface area contributed by atoms with Gasteiger partial charge in [0.25, 0.3) is 0 Å². The number of nitrogens with zero attached hydrogens (tertiary/aromatic N) is 2. The van der Waals surface area contributed by atoms with Crippen LogP contribution in [-0.2, 0) is 4.79 Å². The molecule has 0 aromatic carbocycles. The molecule has 1 saturated heterocycles. The minimum atomic E-state index is -0.00624. The molecule has 1 aliphatic rings. The highest BCUT2D eigenvalue weighted by molar-refractivity contribution is 5.91. The molecular formula is C13H19N3O. The normalized spacial score (nSPS) is 15.4. The van der Waals surface area contributed by atoms with E-state index in [-0.39, 0.29) is 11.8 Å². The highest BCUT2D eigenvalue weighted by atomic mass is 16.1. The third-order valence-corrected chi connectivity index (χ3v) is 2.97. The second kappa shape index (κ2) is 5.17. The predicted molar refractivity (Wildman–Crippen MR) is 69.2 cm³/mol. The molecule has 1 amide bonds. The average Bonchev–Trinajstić information content (AvgIpc) is 2.83. The molecular weight excluding hydrogens is 214 g/mol. The van der Waals surface area contributed by atoms with Crippen LogP contribution in [-0.4, -0.2) is 24.0 Å². The SMILES string of the molecule is CC(C)C(=O)Nc1ccc(N2CCCC2)nc1. The summed E-state index contributed by atoms with van der Waals surface area (Å²) >= 11 is 0. The first-order valence-electron chi connectivity index (χ1n) is 6.18. The van der Waals surface area contributed by atoms with Crippen molar-refractivity contribution < 1.29 is 4.79 Å². The first-order chi connectivity index (χ1) is 8.16. The maximum absolute atomic E-state index is 11.5. The van der Waals surface area contributed by atoms with Crippen molar-refractivity contribution >= 4 is 17.4 Å². The van der Waals surface area contributed by atoms with Crippen molar-refractivity contribution in [3.63, 3.8) is 0 Å². The minimum Gasteiger partial charge on any atom is -0.357 e. The van der Waals surface area contributed by atoms with Gasteiger partial charge in [-0.2, -0.15) is 0 Å². The fraction of sp³-hybridized carbons (Fsp3) is 0.538. The third kappa shape index (κ3) is 2.96. The Morgan fingerprint density at radius 1 is 1.35 bits per heavy atom. The van der Waals surface area contributed by atoms with Gasteiger partial charge in [0.05, 0.1) is 11.9 Å². The zero-order chi connectivity index (χ0) is 12.3. The maximum atomic E-state index is 11.5. The Balaban J connectivity index is 2.00. The molecule has 92 valence electrons. The van der Waals surface area contributed by atoms with Crippen molar-refractivity contribution in [2.45, 2.75) is 26.7 Å².